The highest BCUT2D eigenvalue weighted by atomic mass is 35.5. The molecule has 0 bridgehead atoms. The van der Waals surface area contributed by atoms with E-state index in [4.69, 9.17) is 32.7 Å². The lowest BCUT2D eigenvalue weighted by Gasteiger charge is -2.16. The fraction of sp³-hybridized carbons (Fsp3) is 0.176. The normalized spacial score (nSPS) is 22.9. The minimum Gasteiger partial charge on any atom is -0.354 e. The van der Waals surface area contributed by atoms with Crippen molar-refractivity contribution < 1.29 is 18.3 Å². The molecule has 242 valence electrons. The molecule has 14 heteroatoms. The van der Waals surface area contributed by atoms with Crippen LogP contribution in [0.25, 0.3) is 0 Å². The zero-order chi connectivity index (χ0) is 32.9. The summed E-state index contributed by atoms with van der Waals surface area (Å²) in [4.78, 5) is 8.98. The van der Waals surface area contributed by atoms with Crippen molar-refractivity contribution in [3.63, 3.8) is 0 Å². The monoisotopic (exact) mass is 720 g/mol. The van der Waals surface area contributed by atoms with Crippen molar-refractivity contribution in [1.82, 2.24) is 29.5 Å². The molecule has 48 heavy (non-hydrogen) atoms. The van der Waals surface area contributed by atoms with E-state index >= 15 is 0 Å². The van der Waals surface area contributed by atoms with Crippen LogP contribution in [-0.4, -0.2) is 29.5 Å². The van der Waals surface area contributed by atoms with Crippen molar-refractivity contribution in [2.75, 3.05) is 0 Å². The molecule has 4 atom stereocenters. The van der Waals surface area contributed by atoms with Gasteiger partial charge in [0.25, 0.3) is 0 Å². The van der Waals surface area contributed by atoms with Crippen LogP contribution in [0.1, 0.15) is 34.5 Å². The van der Waals surface area contributed by atoms with Gasteiger partial charge < -0.3 is 9.47 Å². The van der Waals surface area contributed by atoms with Crippen molar-refractivity contribution in [2.45, 2.75) is 46.8 Å². The first kappa shape index (κ1) is 31.5. The van der Waals surface area contributed by atoms with Gasteiger partial charge >= 0.3 is 0 Å². The zero-order valence-electron chi connectivity index (χ0n) is 24.8. The van der Waals surface area contributed by atoms with Gasteiger partial charge in [-0.25, -0.2) is 28.1 Å². The second kappa shape index (κ2) is 12.6. The Balaban J connectivity index is 1.04. The van der Waals surface area contributed by atoms with E-state index in [0.29, 0.717) is 31.5 Å². The van der Waals surface area contributed by atoms with Crippen LogP contribution in [0.3, 0.4) is 0 Å². The number of nitrogens with zero attached hydrogens (tertiary/aromatic N) is 6. The average molecular weight is 722 g/mol. The summed E-state index contributed by atoms with van der Waals surface area (Å²) >= 11 is 13.1. The molecule has 2 aromatic heterocycles. The average Bonchev–Trinajstić information content (AvgIpc) is 3.86. The molecule has 0 amide bonds. The summed E-state index contributed by atoms with van der Waals surface area (Å²) in [6.45, 7) is 0.524. The van der Waals surface area contributed by atoms with Crippen LogP contribution in [0.5, 0.6) is 0 Å². The van der Waals surface area contributed by atoms with Crippen LogP contribution in [0.2, 0.25) is 10.0 Å². The molecule has 8 rings (SSSR count). The van der Waals surface area contributed by atoms with Crippen molar-refractivity contribution in [2.24, 2.45) is 0 Å². The second-order valence-electron chi connectivity index (χ2n) is 11.4. The first-order chi connectivity index (χ1) is 23.4. The molecular weight excluding hydrogens is 697 g/mol. The quantitative estimate of drug-likeness (QED) is 0.0972. The smallest absolute Gasteiger partial charge is 0.197 e. The third kappa shape index (κ3) is 5.80. The van der Waals surface area contributed by atoms with Gasteiger partial charge in [-0.15, -0.1) is 0 Å². The number of benzene rings is 4. The van der Waals surface area contributed by atoms with E-state index in [9.17, 15) is 8.78 Å². The van der Waals surface area contributed by atoms with E-state index in [0.717, 1.165) is 11.1 Å². The summed E-state index contributed by atoms with van der Waals surface area (Å²) in [7, 11) is 2.68. The topological polar surface area (TPSA) is 86.5 Å². The Morgan fingerprint density at radius 1 is 0.625 bits per heavy atom. The number of epoxide rings is 2. The van der Waals surface area contributed by atoms with Crippen LogP contribution in [-0.2, 0) is 33.8 Å². The Kier molecular flexibility index (Phi) is 8.26. The number of rotatable bonds is 11. The van der Waals surface area contributed by atoms with Gasteiger partial charge in [0.15, 0.2) is 10.3 Å². The van der Waals surface area contributed by atoms with Gasteiger partial charge in [0.2, 0.25) is 0 Å². The predicted octanol–water partition coefficient (Wildman–Crippen LogP) is 8.59. The van der Waals surface area contributed by atoms with Gasteiger partial charge in [0.1, 0.15) is 47.7 Å². The zero-order valence-corrected chi connectivity index (χ0v) is 27.9. The highest BCUT2D eigenvalue weighted by Gasteiger charge is 2.61. The highest BCUT2D eigenvalue weighted by molar-refractivity contribution is 8.76. The number of halogens is 4. The molecule has 4 heterocycles. The summed E-state index contributed by atoms with van der Waals surface area (Å²) in [5.74, 6) is -0.730. The first-order valence-electron chi connectivity index (χ1n) is 14.8. The summed E-state index contributed by atoms with van der Waals surface area (Å²) in [5.41, 5.74) is 1.15. The van der Waals surface area contributed by atoms with Gasteiger partial charge in [0.05, 0.1) is 13.1 Å². The van der Waals surface area contributed by atoms with Crippen LogP contribution in [0.15, 0.2) is 120 Å². The van der Waals surface area contributed by atoms with E-state index in [1.54, 1.807) is 33.6 Å². The lowest BCUT2D eigenvalue weighted by atomic mass is 9.91. The maximum absolute atomic E-state index is 14.4. The third-order valence-electron chi connectivity index (χ3n) is 8.51. The number of ether oxygens (including phenoxy) is 2. The number of hydrogen-bond acceptors (Lipinski definition) is 8. The van der Waals surface area contributed by atoms with E-state index < -0.39 is 23.4 Å². The summed E-state index contributed by atoms with van der Waals surface area (Å²) in [6.07, 6.45) is 2.11. The molecule has 0 aliphatic carbocycles. The molecule has 0 radical (unpaired) electrons. The Hall–Kier alpha value is -3.78. The van der Waals surface area contributed by atoms with Crippen LogP contribution in [0, 0.1) is 11.6 Å². The van der Waals surface area contributed by atoms with Gasteiger partial charge in [-0.3, -0.25) is 0 Å². The molecule has 0 N–H and O–H groups in total. The minimum atomic E-state index is -0.908. The van der Waals surface area contributed by atoms with Gasteiger partial charge in [0, 0.05) is 21.2 Å². The third-order valence-corrected chi connectivity index (χ3v) is 11.4. The van der Waals surface area contributed by atoms with Crippen molar-refractivity contribution in [1.29, 1.82) is 0 Å². The molecule has 6 aromatic rings. The van der Waals surface area contributed by atoms with E-state index in [2.05, 4.69) is 20.2 Å². The van der Waals surface area contributed by atoms with Crippen molar-refractivity contribution in [3.05, 3.63) is 154 Å². The molecule has 2 fully saturated rings. The van der Waals surface area contributed by atoms with Gasteiger partial charge in [-0.2, -0.15) is 10.2 Å². The molecule has 2 saturated heterocycles. The lowest BCUT2D eigenvalue weighted by Crippen LogP contribution is -2.21. The molecule has 2 aliphatic rings. The fourth-order valence-corrected chi connectivity index (χ4v) is 8.51. The van der Waals surface area contributed by atoms with Gasteiger partial charge in [-0.05, 0) is 69.1 Å². The minimum absolute atomic E-state index is 0.262. The molecule has 8 nitrogen and oxygen atoms in total. The Morgan fingerprint density at radius 3 is 1.48 bits per heavy atom. The summed E-state index contributed by atoms with van der Waals surface area (Å²) < 4.78 is 45.0. The summed E-state index contributed by atoms with van der Waals surface area (Å²) in [6, 6.07) is 27.7. The molecule has 4 unspecified atom stereocenters. The Labute approximate surface area is 291 Å². The van der Waals surface area contributed by atoms with E-state index in [1.807, 2.05) is 48.5 Å². The van der Waals surface area contributed by atoms with E-state index in [1.165, 1.54) is 58.5 Å². The van der Waals surface area contributed by atoms with Crippen LogP contribution >= 0.6 is 44.8 Å². The second-order valence-corrected chi connectivity index (χ2v) is 14.3. The number of hydrogen-bond donors (Lipinski definition) is 0. The van der Waals surface area contributed by atoms with Gasteiger partial charge in [-0.1, -0.05) is 83.9 Å². The fourth-order valence-electron chi connectivity index (χ4n) is 6.10. The van der Waals surface area contributed by atoms with Crippen LogP contribution in [0.4, 0.5) is 8.78 Å². The van der Waals surface area contributed by atoms with Crippen LogP contribution < -0.4 is 0 Å². The summed E-state index contributed by atoms with van der Waals surface area (Å²) in [5, 5.41) is 11.3. The SMILES string of the molecule is Fc1cccc(C2(Cn3ncnc3SSc3ncnn3CC3(c4cccc(F)c4)OC3c3ccccc3Cl)OC2c2ccccc2Cl)c1. The van der Waals surface area contributed by atoms with E-state index in [-0.39, 0.29) is 24.7 Å². The van der Waals surface area contributed by atoms with Crippen molar-refractivity contribution >= 4 is 44.8 Å². The molecule has 0 saturated carbocycles. The molecule has 0 spiro atoms. The Bertz CT molecular complexity index is 1990. The standard InChI is InChI=1S/C34H24Cl2F2N6O2S2/c35-27-13-3-1-11-25(27)29-33(45-29,21-7-5-9-23(37)15-21)17-43-31(39-19-41-43)47-48-32-40-20-42-44(32)18-34(22-8-6-10-24(38)16-22)30(46-34)26-12-2-4-14-28(26)36/h1-16,19-20,29-30H,17-18H2. The first-order valence-corrected chi connectivity index (χ1v) is 17.7. The molecule has 2 aliphatic heterocycles. The maximum atomic E-state index is 14.4. The largest absolute Gasteiger partial charge is 0.354 e. The lowest BCUT2D eigenvalue weighted by molar-refractivity contribution is 0.255. The predicted molar refractivity (Wildman–Crippen MR) is 178 cm³/mol. The molecular formula is C34H24Cl2F2N6O2S2. The molecule has 4 aromatic carbocycles. The van der Waals surface area contributed by atoms with Crippen molar-refractivity contribution in [3.8, 4) is 0 Å². The number of aromatic nitrogens is 6. The Morgan fingerprint density at radius 2 is 1.06 bits per heavy atom. The highest BCUT2D eigenvalue weighted by Crippen LogP contribution is 2.61. The maximum Gasteiger partial charge on any atom is 0.197 e.